The molecule has 2 aromatic rings. The van der Waals surface area contributed by atoms with Crippen LogP contribution in [-0.2, 0) is 11.3 Å². The maximum atomic E-state index is 11.8. The molecule has 0 saturated carbocycles. The molecule has 0 radical (unpaired) electrons. The first-order valence-electron chi connectivity index (χ1n) is 6.98. The van der Waals surface area contributed by atoms with E-state index in [1.807, 2.05) is 60.7 Å². The van der Waals surface area contributed by atoms with Gasteiger partial charge in [0, 0.05) is 6.54 Å². The van der Waals surface area contributed by atoms with Crippen molar-refractivity contribution in [1.82, 2.24) is 4.90 Å². The van der Waals surface area contributed by atoms with Gasteiger partial charge in [0.1, 0.15) is 25.0 Å². The summed E-state index contributed by atoms with van der Waals surface area (Å²) in [5, 5.41) is 0. The van der Waals surface area contributed by atoms with Gasteiger partial charge in [0.2, 0.25) is 0 Å². The Hall–Kier alpha value is -2.49. The minimum absolute atomic E-state index is 0.0575. The third-order valence-electron chi connectivity index (χ3n) is 3.46. The van der Waals surface area contributed by atoms with E-state index in [2.05, 4.69) is 0 Å². The molecule has 1 aliphatic rings. The van der Waals surface area contributed by atoms with Crippen molar-refractivity contribution in [3.8, 4) is 5.75 Å². The number of benzene rings is 2. The fourth-order valence-electron chi connectivity index (χ4n) is 2.31. The second-order valence-corrected chi connectivity index (χ2v) is 4.97. The number of rotatable bonds is 5. The summed E-state index contributed by atoms with van der Waals surface area (Å²) in [5.41, 5.74) is 1.08. The average molecular weight is 283 g/mol. The second kappa shape index (κ2) is 6.31. The maximum absolute atomic E-state index is 11.8. The lowest BCUT2D eigenvalue weighted by atomic mass is 10.2. The van der Waals surface area contributed by atoms with Crippen LogP contribution in [0.5, 0.6) is 5.75 Å². The lowest BCUT2D eigenvalue weighted by Gasteiger charge is -2.21. The Balaban J connectivity index is 1.62. The Morgan fingerprint density at radius 3 is 2.43 bits per heavy atom. The molecule has 4 nitrogen and oxygen atoms in total. The Bertz CT molecular complexity index is 585. The summed E-state index contributed by atoms with van der Waals surface area (Å²) in [4.78, 5) is 13.6. The molecule has 0 spiro atoms. The molecule has 1 aliphatic heterocycles. The molecule has 3 rings (SSSR count). The smallest absolute Gasteiger partial charge is 0.410 e. The number of hydrogen-bond acceptors (Lipinski definition) is 3. The van der Waals surface area contributed by atoms with E-state index >= 15 is 0 Å². The minimum Gasteiger partial charge on any atom is -0.491 e. The second-order valence-electron chi connectivity index (χ2n) is 4.97. The zero-order valence-corrected chi connectivity index (χ0v) is 11.6. The zero-order chi connectivity index (χ0) is 14.5. The van der Waals surface area contributed by atoms with Crippen LogP contribution >= 0.6 is 0 Å². The first kappa shape index (κ1) is 13.5. The normalized spacial score (nSPS) is 17.6. The van der Waals surface area contributed by atoms with Crippen molar-refractivity contribution in [3.63, 3.8) is 0 Å². The van der Waals surface area contributed by atoms with Gasteiger partial charge < -0.3 is 9.47 Å². The summed E-state index contributed by atoms with van der Waals surface area (Å²) in [5.74, 6) is 0.802. The molecule has 1 heterocycles. The van der Waals surface area contributed by atoms with Gasteiger partial charge in [0.05, 0.1) is 0 Å². The van der Waals surface area contributed by atoms with E-state index in [0.29, 0.717) is 19.8 Å². The van der Waals surface area contributed by atoms with E-state index in [1.165, 1.54) is 0 Å². The molecule has 21 heavy (non-hydrogen) atoms. The Labute approximate surface area is 123 Å². The average Bonchev–Trinajstić information content (AvgIpc) is 2.88. The van der Waals surface area contributed by atoms with Gasteiger partial charge in [-0.15, -0.1) is 0 Å². The number of carbonyl (C=O) groups is 1. The van der Waals surface area contributed by atoms with Crippen molar-refractivity contribution >= 4 is 6.09 Å². The monoisotopic (exact) mass is 283 g/mol. The van der Waals surface area contributed by atoms with Crippen molar-refractivity contribution in [2.24, 2.45) is 0 Å². The molecular formula is C17H17NO3. The predicted octanol–water partition coefficient (Wildman–Crippen LogP) is 3.09. The Kier molecular flexibility index (Phi) is 4.05. The highest BCUT2D eigenvalue weighted by molar-refractivity contribution is 5.70. The number of para-hydroxylation sites is 1. The largest absolute Gasteiger partial charge is 0.491 e. The van der Waals surface area contributed by atoms with Gasteiger partial charge in [0.25, 0.3) is 0 Å². The van der Waals surface area contributed by atoms with Crippen LogP contribution in [0.2, 0.25) is 0 Å². The highest BCUT2D eigenvalue weighted by atomic mass is 16.6. The van der Waals surface area contributed by atoms with Crippen LogP contribution in [-0.4, -0.2) is 30.2 Å². The van der Waals surface area contributed by atoms with Gasteiger partial charge in [-0.05, 0) is 17.7 Å². The molecule has 4 heteroatoms. The number of ether oxygens (including phenoxy) is 2. The van der Waals surface area contributed by atoms with E-state index in [1.54, 1.807) is 4.90 Å². The zero-order valence-electron chi connectivity index (χ0n) is 11.6. The summed E-state index contributed by atoms with van der Waals surface area (Å²) in [6.07, 6.45) is -0.277. The van der Waals surface area contributed by atoms with E-state index in [4.69, 9.17) is 9.47 Å². The van der Waals surface area contributed by atoms with Crippen molar-refractivity contribution in [1.29, 1.82) is 0 Å². The fourth-order valence-corrected chi connectivity index (χ4v) is 2.31. The van der Waals surface area contributed by atoms with Crippen LogP contribution in [0.4, 0.5) is 4.79 Å². The standard InChI is InChI=1S/C17H17NO3/c19-17-18(11-14-7-3-1-4-8-14)15(13-21-17)12-20-16-9-5-2-6-10-16/h1-10,15H,11-13H2. The summed E-state index contributed by atoms with van der Waals surface area (Å²) < 4.78 is 10.9. The topological polar surface area (TPSA) is 38.8 Å². The van der Waals surface area contributed by atoms with Gasteiger partial charge in [-0.1, -0.05) is 48.5 Å². The third-order valence-corrected chi connectivity index (χ3v) is 3.46. The number of carbonyl (C=O) groups excluding carboxylic acids is 1. The Morgan fingerprint density at radius 1 is 1.05 bits per heavy atom. The van der Waals surface area contributed by atoms with Crippen molar-refractivity contribution in [2.45, 2.75) is 12.6 Å². The van der Waals surface area contributed by atoms with Gasteiger partial charge in [-0.3, -0.25) is 4.90 Å². The van der Waals surface area contributed by atoms with Crippen molar-refractivity contribution in [3.05, 3.63) is 66.2 Å². The summed E-state index contributed by atoms with van der Waals surface area (Å²) >= 11 is 0. The van der Waals surface area contributed by atoms with Crippen LogP contribution < -0.4 is 4.74 Å². The first-order valence-corrected chi connectivity index (χ1v) is 6.98. The highest BCUT2D eigenvalue weighted by Crippen LogP contribution is 2.18. The number of amides is 1. The maximum Gasteiger partial charge on any atom is 0.410 e. The summed E-state index contributed by atoms with van der Waals surface area (Å²) in [6, 6.07) is 19.4. The summed E-state index contributed by atoms with van der Waals surface area (Å²) in [7, 11) is 0. The first-order chi connectivity index (χ1) is 10.3. The van der Waals surface area contributed by atoms with Crippen LogP contribution in [0.1, 0.15) is 5.56 Å². The lowest BCUT2D eigenvalue weighted by molar-refractivity contribution is 0.153. The van der Waals surface area contributed by atoms with Gasteiger partial charge in [0.15, 0.2) is 0 Å². The Morgan fingerprint density at radius 2 is 1.71 bits per heavy atom. The molecule has 1 atom stereocenters. The highest BCUT2D eigenvalue weighted by Gasteiger charge is 2.33. The molecule has 1 unspecified atom stereocenters. The van der Waals surface area contributed by atoms with Crippen molar-refractivity contribution in [2.75, 3.05) is 13.2 Å². The fraction of sp³-hybridized carbons (Fsp3) is 0.235. The number of nitrogens with zero attached hydrogens (tertiary/aromatic N) is 1. The molecule has 1 saturated heterocycles. The number of hydrogen-bond donors (Lipinski definition) is 0. The van der Waals surface area contributed by atoms with Crippen LogP contribution in [0.15, 0.2) is 60.7 Å². The van der Waals surface area contributed by atoms with E-state index in [0.717, 1.165) is 11.3 Å². The number of cyclic esters (lactones) is 1. The van der Waals surface area contributed by atoms with E-state index < -0.39 is 0 Å². The van der Waals surface area contributed by atoms with E-state index in [-0.39, 0.29) is 12.1 Å². The molecule has 0 aromatic heterocycles. The summed E-state index contributed by atoms with van der Waals surface area (Å²) in [6.45, 7) is 1.35. The molecule has 0 N–H and O–H groups in total. The van der Waals surface area contributed by atoms with Gasteiger partial charge >= 0.3 is 6.09 Å². The molecule has 0 bridgehead atoms. The lowest BCUT2D eigenvalue weighted by Crippen LogP contribution is -2.37. The van der Waals surface area contributed by atoms with Gasteiger partial charge in [-0.25, -0.2) is 4.79 Å². The molecule has 0 aliphatic carbocycles. The molecule has 108 valence electrons. The molecule has 1 fully saturated rings. The quantitative estimate of drug-likeness (QED) is 0.846. The molecule has 1 amide bonds. The van der Waals surface area contributed by atoms with Crippen LogP contribution in [0, 0.1) is 0 Å². The molecular weight excluding hydrogens is 266 g/mol. The van der Waals surface area contributed by atoms with Crippen LogP contribution in [0.3, 0.4) is 0 Å². The predicted molar refractivity (Wildman–Crippen MR) is 79.1 cm³/mol. The SMILES string of the molecule is O=C1OCC(COc2ccccc2)N1Cc1ccccc1. The van der Waals surface area contributed by atoms with E-state index in [9.17, 15) is 4.79 Å². The third kappa shape index (κ3) is 3.34. The van der Waals surface area contributed by atoms with Crippen LogP contribution in [0.25, 0.3) is 0 Å². The minimum atomic E-state index is -0.277. The molecule has 2 aromatic carbocycles. The van der Waals surface area contributed by atoms with Crippen molar-refractivity contribution < 1.29 is 14.3 Å². The van der Waals surface area contributed by atoms with Gasteiger partial charge in [-0.2, -0.15) is 0 Å².